The number of nitrogens with two attached hydrogens (primary N) is 1. The van der Waals surface area contributed by atoms with Crippen molar-refractivity contribution in [3.63, 3.8) is 0 Å². The molecule has 14 heavy (non-hydrogen) atoms. The van der Waals surface area contributed by atoms with E-state index in [1.165, 1.54) is 25.8 Å². The summed E-state index contributed by atoms with van der Waals surface area (Å²) in [6, 6.07) is 0.587. The largest absolute Gasteiger partial charge is 0.383 e. The highest BCUT2D eigenvalue weighted by Gasteiger charge is 2.28. The number of ether oxygens (including phenoxy) is 1. The van der Waals surface area contributed by atoms with Gasteiger partial charge in [-0.05, 0) is 25.3 Å². The van der Waals surface area contributed by atoms with E-state index in [0.29, 0.717) is 6.04 Å². The molecule has 2 unspecified atom stereocenters. The van der Waals surface area contributed by atoms with Gasteiger partial charge >= 0.3 is 0 Å². The monoisotopic (exact) mass is 200 g/mol. The Balaban J connectivity index is 2.45. The summed E-state index contributed by atoms with van der Waals surface area (Å²) in [6.45, 7) is 6.12. The second-order valence-electron chi connectivity index (χ2n) is 4.14. The third kappa shape index (κ3) is 2.94. The molecule has 3 heteroatoms. The van der Waals surface area contributed by atoms with Crippen LogP contribution in [0.25, 0.3) is 0 Å². The number of piperidine rings is 1. The van der Waals surface area contributed by atoms with Crippen molar-refractivity contribution in [3.05, 3.63) is 0 Å². The van der Waals surface area contributed by atoms with Gasteiger partial charge in [-0.3, -0.25) is 4.90 Å². The lowest BCUT2D eigenvalue weighted by molar-refractivity contribution is 0.0644. The van der Waals surface area contributed by atoms with E-state index in [1.54, 1.807) is 7.11 Å². The average molecular weight is 200 g/mol. The van der Waals surface area contributed by atoms with Crippen molar-refractivity contribution in [1.29, 1.82) is 0 Å². The van der Waals surface area contributed by atoms with Gasteiger partial charge in [-0.2, -0.15) is 0 Å². The molecular formula is C11H24N2O. The zero-order valence-corrected chi connectivity index (χ0v) is 9.54. The Bertz CT molecular complexity index is 152. The first-order chi connectivity index (χ1) is 6.83. The van der Waals surface area contributed by atoms with Crippen molar-refractivity contribution in [2.24, 2.45) is 11.7 Å². The SMILES string of the molecule is CCC1CCCN(CCOC)C1CN. The van der Waals surface area contributed by atoms with Crippen LogP contribution in [0.2, 0.25) is 0 Å². The maximum absolute atomic E-state index is 5.85. The van der Waals surface area contributed by atoms with Gasteiger partial charge in [0.1, 0.15) is 0 Å². The van der Waals surface area contributed by atoms with E-state index in [4.69, 9.17) is 10.5 Å². The molecule has 0 amide bonds. The summed E-state index contributed by atoms with van der Waals surface area (Å²) in [7, 11) is 1.76. The van der Waals surface area contributed by atoms with E-state index < -0.39 is 0 Å². The lowest BCUT2D eigenvalue weighted by Gasteiger charge is -2.40. The van der Waals surface area contributed by atoms with E-state index in [1.807, 2.05) is 0 Å². The minimum Gasteiger partial charge on any atom is -0.383 e. The summed E-state index contributed by atoms with van der Waals surface area (Å²) in [5.41, 5.74) is 5.85. The molecule has 1 saturated heterocycles. The van der Waals surface area contributed by atoms with Crippen LogP contribution in [0.3, 0.4) is 0 Å². The average Bonchev–Trinajstić information content (AvgIpc) is 2.25. The Labute approximate surface area is 87.6 Å². The van der Waals surface area contributed by atoms with Crippen LogP contribution >= 0.6 is 0 Å². The molecule has 1 heterocycles. The Morgan fingerprint density at radius 3 is 2.86 bits per heavy atom. The molecule has 2 N–H and O–H groups in total. The highest BCUT2D eigenvalue weighted by Crippen LogP contribution is 2.25. The molecule has 1 fully saturated rings. The van der Waals surface area contributed by atoms with Crippen LogP contribution in [0, 0.1) is 5.92 Å². The normalized spacial score (nSPS) is 29.4. The van der Waals surface area contributed by atoms with Gasteiger partial charge in [0.15, 0.2) is 0 Å². The lowest BCUT2D eigenvalue weighted by atomic mass is 9.87. The first-order valence-corrected chi connectivity index (χ1v) is 5.76. The molecule has 84 valence electrons. The van der Waals surface area contributed by atoms with Gasteiger partial charge in [-0.25, -0.2) is 0 Å². The molecule has 0 aliphatic carbocycles. The van der Waals surface area contributed by atoms with Crippen molar-refractivity contribution in [1.82, 2.24) is 4.90 Å². The third-order valence-corrected chi connectivity index (χ3v) is 3.38. The summed E-state index contributed by atoms with van der Waals surface area (Å²) >= 11 is 0. The molecule has 0 bridgehead atoms. The van der Waals surface area contributed by atoms with Gasteiger partial charge in [-0.1, -0.05) is 13.3 Å². The minimum absolute atomic E-state index is 0.587. The molecule has 2 atom stereocenters. The molecule has 1 aliphatic heterocycles. The maximum Gasteiger partial charge on any atom is 0.0589 e. The summed E-state index contributed by atoms with van der Waals surface area (Å²) in [4.78, 5) is 2.50. The molecule has 0 aromatic rings. The third-order valence-electron chi connectivity index (χ3n) is 3.38. The summed E-state index contributed by atoms with van der Waals surface area (Å²) < 4.78 is 5.12. The number of nitrogens with zero attached hydrogens (tertiary/aromatic N) is 1. The zero-order valence-electron chi connectivity index (χ0n) is 9.54. The van der Waals surface area contributed by atoms with E-state index in [0.717, 1.165) is 25.6 Å². The van der Waals surface area contributed by atoms with E-state index in [9.17, 15) is 0 Å². The molecule has 0 aromatic carbocycles. The molecule has 0 saturated carbocycles. The van der Waals surface area contributed by atoms with Crippen LogP contribution < -0.4 is 5.73 Å². The van der Waals surface area contributed by atoms with Crippen molar-refractivity contribution >= 4 is 0 Å². The van der Waals surface area contributed by atoms with Gasteiger partial charge in [0, 0.05) is 26.2 Å². The minimum atomic E-state index is 0.587. The van der Waals surface area contributed by atoms with Crippen LogP contribution in [-0.2, 0) is 4.74 Å². The number of methoxy groups -OCH3 is 1. The first kappa shape index (κ1) is 12.0. The number of likely N-dealkylation sites (tertiary alicyclic amines) is 1. The molecular weight excluding hydrogens is 176 g/mol. The number of rotatable bonds is 5. The van der Waals surface area contributed by atoms with Crippen molar-refractivity contribution < 1.29 is 4.74 Å². The van der Waals surface area contributed by atoms with Gasteiger partial charge in [0.05, 0.1) is 6.61 Å². The summed E-state index contributed by atoms with van der Waals surface area (Å²) in [5.74, 6) is 0.797. The molecule has 0 spiro atoms. The van der Waals surface area contributed by atoms with Gasteiger partial charge < -0.3 is 10.5 Å². The molecule has 1 aliphatic rings. The summed E-state index contributed by atoms with van der Waals surface area (Å²) in [6.07, 6.45) is 3.92. The van der Waals surface area contributed by atoms with Crippen LogP contribution in [0.1, 0.15) is 26.2 Å². The fourth-order valence-corrected chi connectivity index (χ4v) is 2.52. The highest BCUT2D eigenvalue weighted by atomic mass is 16.5. The van der Waals surface area contributed by atoms with Crippen molar-refractivity contribution in [3.8, 4) is 0 Å². The van der Waals surface area contributed by atoms with Crippen LogP contribution in [0.15, 0.2) is 0 Å². The molecule has 0 aromatic heterocycles. The van der Waals surface area contributed by atoms with Gasteiger partial charge in [-0.15, -0.1) is 0 Å². The lowest BCUT2D eigenvalue weighted by Crippen LogP contribution is -2.50. The maximum atomic E-state index is 5.85. The van der Waals surface area contributed by atoms with Gasteiger partial charge in [0.2, 0.25) is 0 Å². The standard InChI is InChI=1S/C11H24N2O/c1-3-10-5-4-6-13(7-8-14-2)11(10)9-12/h10-11H,3-9,12H2,1-2H3. The Morgan fingerprint density at radius 1 is 1.50 bits per heavy atom. The zero-order chi connectivity index (χ0) is 10.4. The predicted molar refractivity (Wildman–Crippen MR) is 59.3 cm³/mol. The van der Waals surface area contributed by atoms with E-state index in [2.05, 4.69) is 11.8 Å². The van der Waals surface area contributed by atoms with Crippen molar-refractivity contribution in [2.45, 2.75) is 32.2 Å². The van der Waals surface area contributed by atoms with Crippen LogP contribution in [0.4, 0.5) is 0 Å². The Hall–Kier alpha value is -0.120. The molecule has 1 rings (SSSR count). The Morgan fingerprint density at radius 2 is 2.29 bits per heavy atom. The number of hydrogen-bond acceptors (Lipinski definition) is 3. The van der Waals surface area contributed by atoms with Crippen LogP contribution in [-0.4, -0.2) is 44.3 Å². The molecule has 0 radical (unpaired) electrons. The topological polar surface area (TPSA) is 38.5 Å². The first-order valence-electron chi connectivity index (χ1n) is 5.76. The predicted octanol–water partition coefficient (Wildman–Crippen LogP) is 1.08. The smallest absolute Gasteiger partial charge is 0.0589 e. The molecule has 3 nitrogen and oxygen atoms in total. The Kier molecular flexibility index (Phi) is 5.45. The fraction of sp³-hybridized carbons (Fsp3) is 1.00. The highest BCUT2D eigenvalue weighted by molar-refractivity contribution is 4.84. The second kappa shape index (κ2) is 6.38. The quantitative estimate of drug-likeness (QED) is 0.722. The second-order valence-corrected chi connectivity index (χ2v) is 4.14. The van der Waals surface area contributed by atoms with Gasteiger partial charge in [0.25, 0.3) is 0 Å². The fourth-order valence-electron chi connectivity index (χ4n) is 2.52. The van der Waals surface area contributed by atoms with Crippen LogP contribution in [0.5, 0.6) is 0 Å². The summed E-state index contributed by atoms with van der Waals surface area (Å²) in [5, 5.41) is 0. The van der Waals surface area contributed by atoms with E-state index >= 15 is 0 Å². The number of hydrogen-bond donors (Lipinski definition) is 1. The van der Waals surface area contributed by atoms with E-state index in [-0.39, 0.29) is 0 Å². The van der Waals surface area contributed by atoms with Crippen molar-refractivity contribution in [2.75, 3.05) is 33.4 Å².